The van der Waals surface area contributed by atoms with Crippen LogP contribution in [0.2, 0.25) is 0 Å². The molecular formula is C9H11N2O. The highest BCUT2D eigenvalue weighted by atomic mass is 16.5. The van der Waals surface area contributed by atoms with E-state index in [9.17, 15) is 0 Å². The highest BCUT2D eigenvalue weighted by molar-refractivity contribution is 5.45. The van der Waals surface area contributed by atoms with Crippen LogP contribution in [-0.2, 0) is 4.74 Å². The van der Waals surface area contributed by atoms with Crippen LogP contribution in [0.15, 0.2) is 18.3 Å². The van der Waals surface area contributed by atoms with Crippen LogP contribution in [-0.4, -0.2) is 31.3 Å². The second-order valence-corrected chi connectivity index (χ2v) is 2.90. The van der Waals surface area contributed by atoms with Crippen LogP contribution in [0.3, 0.4) is 0 Å². The fourth-order valence-electron chi connectivity index (χ4n) is 1.28. The molecule has 1 saturated heterocycles. The number of rotatable bonds is 2. The molecule has 1 aromatic rings. The summed E-state index contributed by atoms with van der Waals surface area (Å²) in [6, 6.07) is 3.94. The van der Waals surface area contributed by atoms with E-state index in [0.717, 1.165) is 18.8 Å². The molecule has 63 valence electrons. The topological polar surface area (TPSA) is 25.4 Å². The predicted molar refractivity (Wildman–Crippen MR) is 46.1 cm³/mol. The van der Waals surface area contributed by atoms with Crippen molar-refractivity contribution >= 4 is 5.69 Å². The van der Waals surface area contributed by atoms with Crippen LogP contribution >= 0.6 is 0 Å². The molecule has 2 heterocycles. The van der Waals surface area contributed by atoms with Crippen molar-refractivity contribution in [2.45, 2.75) is 6.10 Å². The van der Waals surface area contributed by atoms with Crippen LogP contribution < -0.4 is 4.90 Å². The summed E-state index contributed by atoms with van der Waals surface area (Å²) in [4.78, 5) is 6.13. The van der Waals surface area contributed by atoms with Crippen molar-refractivity contribution < 1.29 is 4.74 Å². The maximum absolute atomic E-state index is 5.16. The Morgan fingerprint density at radius 1 is 1.67 bits per heavy atom. The molecular weight excluding hydrogens is 152 g/mol. The standard InChI is InChI=1S/C9H11N2O/c1-12-9-6-11(7-9)8-3-2-4-10-5-8/h2-4,9H,6-7H2,1H3. The smallest absolute Gasteiger partial charge is 0.114 e. The maximum atomic E-state index is 5.16. The summed E-state index contributed by atoms with van der Waals surface area (Å²) in [5.74, 6) is 0. The van der Waals surface area contributed by atoms with Crippen molar-refractivity contribution in [3.63, 3.8) is 0 Å². The van der Waals surface area contributed by atoms with Gasteiger partial charge in [-0.2, -0.15) is 0 Å². The molecule has 3 heteroatoms. The molecule has 0 amide bonds. The Kier molecular flexibility index (Phi) is 1.96. The van der Waals surface area contributed by atoms with Gasteiger partial charge in [-0.15, -0.1) is 0 Å². The van der Waals surface area contributed by atoms with Gasteiger partial charge in [-0.3, -0.25) is 4.98 Å². The summed E-state index contributed by atoms with van der Waals surface area (Å²) in [6.45, 7) is 1.91. The Morgan fingerprint density at radius 2 is 2.50 bits per heavy atom. The molecule has 0 saturated carbocycles. The van der Waals surface area contributed by atoms with Gasteiger partial charge < -0.3 is 9.64 Å². The van der Waals surface area contributed by atoms with E-state index in [4.69, 9.17) is 4.74 Å². The van der Waals surface area contributed by atoms with E-state index in [1.165, 1.54) is 0 Å². The van der Waals surface area contributed by atoms with Crippen LogP contribution in [0, 0.1) is 6.20 Å². The van der Waals surface area contributed by atoms with Crippen molar-refractivity contribution in [1.29, 1.82) is 0 Å². The molecule has 0 N–H and O–H groups in total. The second-order valence-electron chi connectivity index (χ2n) is 2.90. The molecule has 0 unspecified atom stereocenters. The molecule has 2 rings (SSSR count). The minimum Gasteiger partial charge on any atom is -0.378 e. The minimum atomic E-state index is 0.388. The number of methoxy groups -OCH3 is 1. The molecule has 1 aliphatic rings. The lowest BCUT2D eigenvalue weighted by Gasteiger charge is -2.39. The lowest BCUT2D eigenvalue weighted by molar-refractivity contribution is 0.0787. The molecule has 0 spiro atoms. The number of aromatic nitrogens is 1. The molecule has 0 aliphatic carbocycles. The van der Waals surface area contributed by atoms with Crippen molar-refractivity contribution in [3.8, 4) is 0 Å². The highest BCUT2D eigenvalue weighted by Crippen LogP contribution is 2.19. The van der Waals surface area contributed by atoms with Crippen molar-refractivity contribution in [2.24, 2.45) is 0 Å². The van der Waals surface area contributed by atoms with Gasteiger partial charge in [-0.05, 0) is 12.1 Å². The Bertz CT molecular complexity index is 244. The van der Waals surface area contributed by atoms with E-state index >= 15 is 0 Å². The average molecular weight is 163 g/mol. The van der Waals surface area contributed by atoms with E-state index in [1.54, 1.807) is 13.3 Å². The molecule has 0 bridgehead atoms. The van der Waals surface area contributed by atoms with Crippen LogP contribution in [0.25, 0.3) is 0 Å². The van der Waals surface area contributed by atoms with Crippen LogP contribution in [0.5, 0.6) is 0 Å². The molecule has 0 aromatic carbocycles. The van der Waals surface area contributed by atoms with Gasteiger partial charge in [0.25, 0.3) is 0 Å². The molecule has 1 radical (unpaired) electrons. The van der Waals surface area contributed by atoms with Gasteiger partial charge in [0, 0.05) is 26.4 Å². The fourth-order valence-corrected chi connectivity index (χ4v) is 1.28. The first-order chi connectivity index (χ1) is 5.90. The molecule has 1 aromatic heterocycles. The second kappa shape index (κ2) is 3.11. The third-order valence-corrected chi connectivity index (χ3v) is 2.12. The van der Waals surface area contributed by atoms with Gasteiger partial charge in [-0.25, -0.2) is 0 Å². The van der Waals surface area contributed by atoms with Gasteiger partial charge in [0.05, 0.1) is 11.8 Å². The Labute approximate surface area is 72.0 Å². The first-order valence-corrected chi connectivity index (χ1v) is 4.00. The summed E-state index contributed by atoms with van der Waals surface area (Å²) < 4.78 is 5.16. The van der Waals surface area contributed by atoms with Gasteiger partial charge in [0.2, 0.25) is 0 Å². The normalized spacial score (nSPS) is 17.6. The summed E-state index contributed by atoms with van der Waals surface area (Å²) >= 11 is 0. The zero-order valence-corrected chi connectivity index (χ0v) is 7.03. The first-order valence-electron chi connectivity index (χ1n) is 4.00. The van der Waals surface area contributed by atoms with Gasteiger partial charge in [-0.1, -0.05) is 0 Å². The van der Waals surface area contributed by atoms with Gasteiger partial charge in [0.15, 0.2) is 0 Å². The zero-order chi connectivity index (χ0) is 8.39. The van der Waals surface area contributed by atoms with E-state index in [-0.39, 0.29) is 0 Å². The SMILES string of the molecule is COC1CN(c2[c]nccc2)C1. The summed E-state index contributed by atoms with van der Waals surface area (Å²) in [5, 5.41) is 0. The largest absolute Gasteiger partial charge is 0.378 e. The molecule has 0 atom stereocenters. The Balaban J connectivity index is 1.97. The van der Waals surface area contributed by atoms with E-state index < -0.39 is 0 Å². The van der Waals surface area contributed by atoms with E-state index in [1.807, 2.05) is 12.1 Å². The molecule has 3 nitrogen and oxygen atoms in total. The monoisotopic (exact) mass is 163 g/mol. The number of ether oxygens (including phenoxy) is 1. The van der Waals surface area contributed by atoms with Crippen molar-refractivity contribution in [1.82, 2.24) is 4.98 Å². The third kappa shape index (κ3) is 1.28. The van der Waals surface area contributed by atoms with Gasteiger partial charge in [0.1, 0.15) is 6.20 Å². The first kappa shape index (κ1) is 7.55. The number of hydrogen-bond donors (Lipinski definition) is 0. The fraction of sp³-hybridized carbons (Fsp3) is 0.444. The molecule has 1 aliphatic heterocycles. The number of hydrogen-bond acceptors (Lipinski definition) is 3. The summed E-state index contributed by atoms with van der Waals surface area (Å²) in [7, 11) is 1.75. The third-order valence-electron chi connectivity index (χ3n) is 2.12. The van der Waals surface area contributed by atoms with Crippen molar-refractivity contribution in [2.75, 3.05) is 25.1 Å². The Hall–Kier alpha value is -1.09. The summed E-state index contributed by atoms with van der Waals surface area (Å²) in [6.07, 6.45) is 5.06. The average Bonchev–Trinajstić information content (AvgIpc) is 2.04. The maximum Gasteiger partial charge on any atom is 0.114 e. The number of anilines is 1. The number of pyridine rings is 1. The highest BCUT2D eigenvalue weighted by Gasteiger charge is 2.26. The lowest BCUT2D eigenvalue weighted by atomic mass is 10.1. The van der Waals surface area contributed by atoms with Crippen molar-refractivity contribution in [3.05, 3.63) is 24.5 Å². The lowest BCUT2D eigenvalue weighted by Crippen LogP contribution is -2.51. The Morgan fingerprint density at radius 3 is 3.08 bits per heavy atom. The van der Waals surface area contributed by atoms with Crippen LogP contribution in [0.1, 0.15) is 0 Å². The van der Waals surface area contributed by atoms with E-state index in [2.05, 4.69) is 16.1 Å². The predicted octanol–water partition coefficient (Wildman–Crippen LogP) is 0.717. The number of nitrogens with zero attached hydrogens (tertiary/aromatic N) is 2. The van der Waals surface area contributed by atoms with Gasteiger partial charge >= 0.3 is 0 Å². The summed E-state index contributed by atoms with van der Waals surface area (Å²) in [5.41, 5.74) is 1.06. The molecule has 1 fully saturated rings. The van der Waals surface area contributed by atoms with Crippen LogP contribution in [0.4, 0.5) is 5.69 Å². The minimum absolute atomic E-state index is 0.388. The molecule has 12 heavy (non-hydrogen) atoms. The zero-order valence-electron chi connectivity index (χ0n) is 7.03. The van der Waals surface area contributed by atoms with E-state index in [0.29, 0.717) is 6.10 Å². The quantitative estimate of drug-likeness (QED) is 0.642.